The second kappa shape index (κ2) is 8.78. The number of likely N-dealkylation sites (tertiary alicyclic amines) is 1. The molecule has 1 spiro atoms. The molecule has 7 heteroatoms. The van der Waals surface area contributed by atoms with E-state index in [1.807, 2.05) is 23.0 Å². The largest absolute Gasteiger partial charge is 0.316 e. The molecule has 1 N–H and O–H groups in total. The third kappa shape index (κ3) is 4.03. The van der Waals surface area contributed by atoms with Crippen LogP contribution < -0.4 is 5.32 Å². The molecule has 0 radical (unpaired) electrons. The van der Waals surface area contributed by atoms with Gasteiger partial charge in [0.2, 0.25) is 0 Å². The molecule has 5 nitrogen and oxygen atoms in total. The molecule has 2 aromatic heterocycles. The maximum Gasteiger partial charge on any atom is 0.162 e. The summed E-state index contributed by atoms with van der Waals surface area (Å²) in [6.07, 6.45) is 10.1. The van der Waals surface area contributed by atoms with E-state index in [2.05, 4.69) is 45.8 Å². The van der Waals surface area contributed by atoms with Gasteiger partial charge in [-0.15, -0.1) is 24.8 Å². The number of nitrogens with zero attached hydrogens (tertiary/aromatic N) is 4. The van der Waals surface area contributed by atoms with Gasteiger partial charge in [-0.3, -0.25) is 4.90 Å². The minimum Gasteiger partial charge on any atom is -0.316 e. The van der Waals surface area contributed by atoms with Crippen LogP contribution in [0.2, 0.25) is 0 Å². The van der Waals surface area contributed by atoms with Crippen molar-refractivity contribution in [2.24, 2.45) is 5.41 Å². The number of hydrogen-bond acceptors (Lipinski definition) is 4. The first-order chi connectivity index (χ1) is 12.8. The Balaban J connectivity index is 0.00000112. The van der Waals surface area contributed by atoms with Crippen molar-refractivity contribution in [3.63, 3.8) is 0 Å². The Bertz CT molecular complexity index is 906. The first-order valence-corrected chi connectivity index (χ1v) is 9.62. The van der Waals surface area contributed by atoms with E-state index in [9.17, 15) is 0 Å². The average molecular weight is 420 g/mol. The highest BCUT2D eigenvalue weighted by molar-refractivity contribution is 5.85. The van der Waals surface area contributed by atoms with E-state index in [0.29, 0.717) is 5.41 Å². The summed E-state index contributed by atoms with van der Waals surface area (Å²) in [7, 11) is 0. The maximum absolute atomic E-state index is 4.73. The molecule has 0 aliphatic carbocycles. The van der Waals surface area contributed by atoms with Crippen LogP contribution in [-0.2, 0) is 6.54 Å². The topological polar surface area (TPSA) is 45.5 Å². The van der Waals surface area contributed by atoms with Crippen LogP contribution in [0, 0.1) is 5.41 Å². The van der Waals surface area contributed by atoms with Gasteiger partial charge in [0.05, 0.1) is 6.20 Å². The van der Waals surface area contributed by atoms with Crippen molar-refractivity contribution in [1.29, 1.82) is 0 Å². The second-order valence-electron chi connectivity index (χ2n) is 7.90. The van der Waals surface area contributed by atoms with E-state index < -0.39 is 0 Å². The highest BCUT2D eigenvalue weighted by Gasteiger charge is 2.37. The average Bonchev–Trinajstić information content (AvgIpc) is 3.29. The third-order valence-corrected chi connectivity index (χ3v) is 5.97. The molecule has 28 heavy (non-hydrogen) atoms. The van der Waals surface area contributed by atoms with Crippen molar-refractivity contribution in [2.45, 2.75) is 25.8 Å². The lowest BCUT2D eigenvalue weighted by Crippen LogP contribution is -2.44. The van der Waals surface area contributed by atoms with Crippen LogP contribution in [0.15, 0.2) is 48.9 Å². The molecule has 2 aliphatic rings. The summed E-state index contributed by atoms with van der Waals surface area (Å²) in [5.74, 6) is 0. The number of nitrogens with one attached hydrogen (secondary N) is 1. The zero-order valence-electron chi connectivity index (χ0n) is 15.9. The van der Waals surface area contributed by atoms with E-state index in [4.69, 9.17) is 4.98 Å². The van der Waals surface area contributed by atoms with Crippen LogP contribution in [0.25, 0.3) is 16.8 Å². The number of piperidine rings is 1. The first-order valence-electron chi connectivity index (χ1n) is 9.62. The Morgan fingerprint density at radius 2 is 1.93 bits per heavy atom. The highest BCUT2D eigenvalue weighted by atomic mass is 35.5. The lowest BCUT2D eigenvalue weighted by atomic mass is 9.79. The molecule has 1 unspecified atom stereocenters. The van der Waals surface area contributed by atoms with Gasteiger partial charge in [-0.2, -0.15) is 5.10 Å². The molecule has 5 rings (SSSR count). The number of benzene rings is 1. The van der Waals surface area contributed by atoms with Gasteiger partial charge in [-0.05, 0) is 43.3 Å². The van der Waals surface area contributed by atoms with E-state index in [1.165, 1.54) is 51.0 Å². The van der Waals surface area contributed by atoms with Gasteiger partial charge in [0.15, 0.2) is 5.65 Å². The van der Waals surface area contributed by atoms with Crippen molar-refractivity contribution < 1.29 is 0 Å². The molecule has 0 saturated carbocycles. The van der Waals surface area contributed by atoms with Crippen molar-refractivity contribution in [3.8, 4) is 11.1 Å². The first kappa shape index (κ1) is 21.1. The maximum atomic E-state index is 4.73. The SMILES string of the molecule is Cl.Cl.c1ccc(-c2cnn3cc(CN4CCCC5(CCNC5)C4)cnc23)cc1. The van der Waals surface area contributed by atoms with Gasteiger partial charge in [-0.25, -0.2) is 9.50 Å². The molecular weight excluding hydrogens is 393 g/mol. The van der Waals surface area contributed by atoms with Gasteiger partial charge in [0.1, 0.15) is 0 Å². The van der Waals surface area contributed by atoms with Gasteiger partial charge in [0, 0.05) is 43.2 Å². The number of halogens is 2. The molecule has 2 aliphatic heterocycles. The van der Waals surface area contributed by atoms with Gasteiger partial charge in [-0.1, -0.05) is 30.3 Å². The van der Waals surface area contributed by atoms with Crippen LogP contribution in [-0.4, -0.2) is 45.7 Å². The standard InChI is InChI=1S/C21H25N5.2ClH/c1-2-5-18(6-3-1)19-12-24-26-14-17(11-23-20(19)26)13-25-10-4-7-21(16-25)8-9-22-15-21;;/h1-3,5-6,11-12,14,22H,4,7-10,13,15-16H2;2*1H. The van der Waals surface area contributed by atoms with E-state index >= 15 is 0 Å². The van der Waals surface area contributed by atoms with Crippen LogP contribution in [0.4, 0.5) is 0 Å². The van der Waals surface area contributed by atoms with E-state index in [1.54, 1.807) is 0 Å². The molecule has 2 fully saturated rings. The molecule has 3 aromatic rings. The third-order valence-electron chi connectivity index (χ3n) is 5.97. The molecule has 2 saturated heterocycles. The summed E-state index contributed by atoms with van der Waals surface area (Å²) >= 11 is 0. The summed E-state index contributed by atoms with van der Waals surface area (Å²) < 4.78 is 1.93. The molecule has 150 valence electrons. The predicted octanol–water partition coefficient (Wildman–Crippen LogP) is 3.82. The fourth-order valence-corrected chi connectivity index (χ4v) is 4.66. The molecule has 4 heterocycles. The molecule has 0 bridgehead atoms. The van der Waals surface area contributed by atoms with Crippen molar-refractivity contribution >= 4 is 30.5 Å². The Morgan fingerprint density at radius 1 is 1.07 bits per heavy atom. The minimum atomic E-state index is 0. The summed E-state index contributed by atoms with van der Waals surface area (Å²) in [6, 6.07) is 10.4. The molecule has 1 atom stereocenters. The monoisotopic (exact) mass is 419 g/mol. The zero-order valence-corrected chi connectivity index (χ0v) is 17.5. The van der Waals surface area contributed by atoms with Gasteiger partial charge >= 0.3 is 0 Å². The van der Waals surface area contributed by atoms with Crippen LogP contribution in [0.5, 0.6) is 0 Å². The fraction of sp³-hybridized carbons (Fsp3) is 0.429. The quantitative estimate of drug-likeness (QED) is 0.700. The fourth-order valence-electron chi connectivity index (χ4n) is 4.66. The number of hydrogen-bond donors (Lipinski definition) is 1. The predicted molar refractivity (Wildman–Crippen MR) is 117 cm³/mol. The van der Waals surface area contributed by atoms with Crippen molar-refractivity contribution in [1.82, 2.24) is 24.8 Å². The molecular formula is C21H27Cl2N5. The Morgan fingerprint density at radius 3 is 2.71 bits per heavy atom. The molecule has 1 aromatic carbocycles. The number of fused-ring (bicyclic) bond motifs is 1. The van der Waals surface area contributed by atoms with E-state index in [0.717, 1.165) is 23.3 Å². The zero-order chi connectivity index (χ0) is 17.4. The highest BCUT2D eigenvalue weighted by Crippen LogP contribution is 2.36. The number of rotatable bonds is 3. The summed E-state index contributed by atoms with van der Waals surface area (Å²) in [6.45, 7) is 5.71. The van der Waals surface area contributed by atoms with E-state index in [-0.39, 0.29) is 24.8 Å². The number of aromatic nitrogens is 3. The summed E-state index contributed by atoms with van der Waals surface area (Å²) in [5.41, 5.74) is 4.92. The minimum absolute atomic E-state index is 0. The smallest absolute Gasteiger partial charge is 0.162 e. The Kier molecular flexibility index (Phi) is 6.61. The summed E-state index contributed by atoms with van der Waals surface area (Å²) in [4.78, 5) is 7.33. The normalized spacial score (nSPS) is 22.1. The van der Waals surface area contributed by atoms with Gasteiger partial charge in [0.25, 0.3) is 0 Å². The van der Waals surface area contributed by atoms with Crippen LogP contribution in [0.3, 0.4) is 0 Å². The second-order valence-corrected chi connectivity index (χ2v) is 7.90. The van der Waals surface area contributed by atoms with Crippen LogP contribution >= 0.6 is 24.8 Å². The lowest BCUT2D eigenvalue weighted by Gasteiger charge is -2.40. The Hall–Kier alpha value is -1.66. The van der Waals surface area contributed by atoms with Crippen LogP contribution in [0.1, 0.15) is 24.8 Å². The van der Waals surface area contributed by atoms with Gasteiger partial charge < -0.3 is 5.32 Å². The lowest BCUT2D eigenvalue weighted by molar-refractivity contribution is 0.0976. The summed E-state index contributed by atoms with van der Waals surface area (Å²) in [5, 5.41) is 8.10. The van der Waals surface area contributed by atoms with Crippen molar-refractivity contribution in [2.75, 3.05) is 26.2 Å². The van der Waals surface area contributed by atoms with Crippen molar-refractivity contribution in [3.05, 3.63) is 54.5 Å². The molecule has 0 amide bonds. The Labute approximate surface area is 178 Å².